The third-order valence-corrected chi connectivity index (χ3v) is 3.22. The Balaban J connectivity index is 2.05. The minimum Gasteiger partial charge on any atom is -0.497 e. The lowest BCUT2D eigenvalue weighted by Crippen LogP contribution is -1.98. The molecule has 0 fully saturated rings. The van der Waals surface area contributed by atoms with Crippen LogP contribution in [0.25, 0.3) is 17.1 Å². The number of rotatable bonds is 3. The molecule has 0 amide bonds. The van der Waals surface area contributed by atoms with Crippen LogP contribution in [-0.4, -0.2) is 21.9 Å². The van der Waals surface area contributed by atoms with Crippen LogP contribution in [0.2, 0.25) is 0 Å². The van der Waals surface area contributed by atoms with Gasteiger partial charge in [0.05, 0.1) is 19.0 Å². The second kappa shape index (κ2) is 5.28. The van der Waals surface area contributed by atoms with Gasteiger partial charge in [-0.05, 0) is 36.8 Å². The van der Waals surface area contributed by atoms with E-state index in [-0.39, 0.29) is 0 Å². The van der Waals surface area contributed by atoms with E-state index in [9.17, 15) is 0 Å². The van der Waals surface area contributed by atoms with Gasteiger partial charge in [-0.2, -0.15) is 5.10 Å². The summed E-state index contributed by atoms with van der Waals surface area (Å²) in [6, 6.07) is 11.6. The van der Waals surface area contributed by atoms with Gasteiger partial charge < -0.3 is 10.5 Å². The summed E-state index contributed by atoms with van der Waals surface area (Å²) in [7, 11) is 1.64. The molecule has 0 bridgehead atoms. The van der Waals surface area contributed by atoms with Crippen LogP contribution in [0.5, 0.6) is 5.75 Å². The average molecular weight is 280 g/mol. The first kappa shape index (κ1) is 13.2. The van der Waals surface area contributed by atoms with Crippen molar-refractivity contribution in [2.45, 2.75) is 6.92 Å². The van der Waals surface area contributed by atoms with Crippen LogP contribution < -0.4 is 10.5 Å². The molecule has 1 aromatic carbocycles. The van der Waals surface area contributed by atoms with Crippen LogP contribution in [0.1, 0.15) is 5.56 Å². The fourth-order valence-corrected chi connectivity index (χ4v) is 2.14. The molecule has 5 heteroatoms. The normalized spacial score (nSPS) is 10.6. The van der Waals surface area contributed by atoms with E-state index in [1.807, 2.05) is 43.3 Å². The number of anilines is 1. The molecule has 0 atom stereocenters. The minimum atomic E-state index is 0.603. The third kappa shape index (κ3) is 2.58. The highest BCUT2D eigenvalue weighted by molar-refractivity contribution is 5.73. The van der Waals surface area contributed by atoms with Crippen molar-refractivity contribution in [2.75, 3.05) is 12.8 Å². The Morgan fingerprint density at radius 3 is 2.81 bits per heavy atom. The quantitative estimate of drug-likeness (QED) is 0.801. The highest BCUT2D eigenvalue weighted by atomic mass is 16.5. The van der Waals surface area contributed by atoms with Crippen LogP contribution in [-0.2, 0) is 0 Å². The van der Waals surface area contributed by atoms with Crippen molar-refractivity contribution in [3.8, 4) is 22.8 Å². The van der Waals surface area contributed by atoms with Crippen molar-refractivity contribution in [3.63, 3.8) is 0 Å². The number of pyridine rings is 1. The number of hydrogen-bond donors (Lipinski definition) is 1. The number of nitrogen functional groups attached to an aromatic ring is 1. The van der Waals surface area contributed by atoms with Gasteiger partial charge in [0.15, 0.2) is 5.82 Å². The molecule has 21 heavy (non-hydrogen) atoms. The van der Waals surface area contributed by atoms with Crippen LogP contribution >= 0.6 is 0 Å². The van der Waals surface area contributed by atoms with Gasteiger partial charge in [0.2, 0.25) is 0 Å². The van der Waals surface area contributed by atoms with Crippen LogP contribution in [0.4, 0.5) is 5.69 Å². The number of hydrogen-bond acceptors (Lipinski definition) is 4. The van der Waals surface area contributed by atoms with Gasteiger partial charge in [0.25, 0.3) is 0 Å². The number of ether oxygens (including phenoxy) is 1. The highest BCUT2D eigenvalue weighted by Gasteiger charge is 2.11. The van der Waals surface area contributed by atoms with Gasteiger partial charge in [-0.15, -0.1) is 0 Å². The average Bonchev–Trinajstić information content (AvgIpc) is 2.89. The van der Waals surface area contributed by atoms with Crippen LogP contribution in [0, 0.1) is 6.92 Å². The van der Waals surface area contributed by atoms with Gasteiger partial charge in [0.1, 0.15) is 11.4 Å². The molecule has 2 aromatic heterocycles. The van der Waals surface area contributed by atoms with E-state index in [1.165, 1.54) is 0 Å². The summed E-state index contributed by atoms with van der Waals surface area (Å²) in [5.74, 6) is 1.52. The molecular weight excluding hydrogens is 264 g/mol. The second-order valence-corrected chi connectivity index (χ2v) is 4.80. The van der Waals surface area contributed by atoms with E-state index in [2.05, 4.69) is 10.1 Å². The Hall–Kier alpha value is -2.82. The summed E-state index contributed by atoms with van der Waals surface area (Å²) in [6.45, 7) is 2.01. The van der Waals surface area contributed by atoms with E-state index in [0.717, 1.165) is 28.4 Å². The Morgan fingerprint density at radius 2 is 2.05 bits per heavy atom. The summed E-state index contributed by atoms with van der Waals surface area (Å²) in [6.07, 6.45) is 3.53. The number of methoxy groups -OCH3 is 1. The number of benzene rings is 1. The summed E-state index contributed by atoms with van der Waals surface area (Å²) >= 11 is 0. The van der Waals surface area contributed by atoms with E-state index in [4.69, 9.17) is 10.5 Å². The Kier molecular flexibility index (Phi) is 3.31. The molecule has 0 spiro atoms. The van der Waals surface area contributed by atoms with Crippen LogP contribution in [0.15, 0.2) is 48.8 Å². The maximum atomic E-state index is 6.09. The standard InChI is InChI=1S/C16H16N4O/c1-11-6-7-18-15(8-11)20-10-14(17)16(19-20)12-4-3-5-13(9-12)21-2/h3-10H,17H2,1-2H3. The molecule has 0 aliphatic carbocycles. The van der Waals surface area contributed by atoms with Crippen molar-refractivity contribution in [3.05, 3.63) is 54.4 Å². The van der Waals surface area contributed by atoms with Gasteiger partial charge in [-0.1, -0.05) is 12.1 Å². The molecule has 2 heterocycles. The summed E-state index contributed by atoms with van der Waals surface area (Å²) in [5.41, 5.74) is 9.45. The molecule has 0 saturated carbocycles. The number of nitrogens with two attached hydrogens (primary N) is 1. The second-order valence-electron chi connectivity index (χ2n) is 4.80. The van der Waals surface area contributed by atoms with Gasteiger partial charge in [-0.3, -0.25) is 0 Å². The van der Waals surface area contributed by atoms with Crippen molar-refractivity contribution in [1.29, 1.82) is 0 Å². The van der Waals surface area contributed by atoms with E-state index in [1.54, 1.807) is 24.2 Å². The molecule has 2 N–H and O–H groups in total. The Bertz CT molecular complexity index is 779. The molecule has 106 valence electrons. The zero-order chi connectivity index (χ0) is 14.8. The fraction of sp³-hybridized carbons (Fsp3) is 0.125. The molecule has 3 aromatic rings. The molecule has 5 nitrogen and oxygen atoms in total. The lowest BCUT2D eigenvalue weighted by molar-refractivity contribution is 0.415. The topological polar surface area (TPSA) is 66.0 Å². The van der Waals surface area contributed by atoms with E-state index in [0.29, 0.717) is 5.69 Å². The first-order chi connectivity index (χ1) is 10.2. The zero-order valence-electron chi connectivity index (χ0n) is 11.9. The Morgan fingerprint density at radius 1 is 1.19 bits per heavy atom. The number of aryl methyl sites for hydroxylation is 1. The highest BCUT2D eigenvalue weighted by Crippen LogP contribution is 2.27. The number of aromatic nitrogens is 3. The largest absolute Gasteiger partial charge is 0.497 e. The molecular formula is C16H16N4O. The predicted molar refractivity (Wildman–Crippen MR) is 82.5 cm³/mol. The molecule has 0 aliphatic heterocycles. The lowest BCUT2D eigenvalue weighted by atomic mass is 10.1. The monoisotopic (exact) mass is 280 g/mol. The maximum absolute atomic E-state index is 6.09. The summed E-state index contributed by atoms with van der Waals surface area (Å²) < 4.78 is 6.93. The predicted octanol–water partition coefficient (Wildman–Crippen LogP) is 2.83. The van der Waals surface area contributed by atoms with E-state index >= 15 is 0 Å². The van der Waals surface area contributed by atoms with Gasteiger partial charge in [0, 0.05) is 11.8 Å². The van der Waals surface area contributed by atoms with E-state index < -0.39 is 0 Å². The maximum Gasteiger partial charge on any atom is 0.153 e. The molecule has 0 radical (unpaired) electrons. The number of nitrogens with zero attached hydrogens (tertiary/aromatic N) is 3. The molecule has 0 aliphatic rings. The SMILES string of the molecule is COc1cccc(-c2nn(-c3cc(C)ccn3)cc2N)c1. The first-order valence-electron chi connectivity index (χ1n) is 6.60. The lowest BCUT2D eigenvalue weighted by Gasteiger charge is -2.03. The summed E-state index contributed by atoms with van der Waals surface area (Å²) in [5, 5.41) is 4.54. The molecule has 0 saturated heterocycles. The minimum absolute atomic E-state index is 0.603. The van der Waals surface area contributed by atoms with Crippen molar-refractivity contribution in [1.82, 2.24) is 14.8 Å². The van der Waals surface area contributed by atoms with Crippen LogP contribution in [0.3, 0.4) is 0 Å². The van der Waals surface area contributed by atoms with Crippen molar-refractivity contribution < 1.29 is 4.74 Å². The third-order valence-electron chi connectivity index (χ3n) is 3.22. The van der Waals surface area contributed by atoms with Gasteiger partial charge in [-0.25, -0.2) is 9.67 Å². The van der Waals surface area contributed by atoms with Crippen molar-refractivity contribution >= 4 is 5.69 Å². The first-order valence-corrected chi connectivity index (χ1v) is 6.60. The Labute approximate surface area is 123 Å². The smallest absolute Gasteiger partial charge is 0.153 e. The summed E-state index contributed by atoms with van der Waals surface area (Å²) in [4.78, 5) is 4.31. The molecule has 0 unspecified atom stereocenters. The zero-order valence-corrected chi connectivity index (χ0v) is 11.9. The molecule has 3 rings (SSSR count). The van der Waals surface area contributed by atoms with Crippen molar-refractivity contribution in [2.24, 2.45) is 0 Å². The fourth-order valence-electron chi connectivity index (χ4n) is 2.14. The van der Waals surface area contributed by atoms with Gasteiger partial charge >= 0.3 is 0 Å².